The van der Waals surface area contributed by atoms with Crippen LogP contribution in [0.3, 0.4) is 0 Å². The van der Waals surface area contributed by atoms with Gasteiger partial charge in [0, 0.05) is 31.9 Å². The Morgan fingerprint density at radius 3 is 2.70 bits per heavy atom. The van der Waals surface area contributed by atoms with Gasteiger partial charge < -0.3 is 15.4 Å². The number of aryl methyl sites for hydroxylation is 1. The van der Waals surface area contributed by atoms with Crippen molar-refractivity contribution in [3.05, 3.63) is 53.2 Å². The van der Waals surface area contributed by atoms with Crippen LogP contribution in [0.15, 0.2) is 36.5 Å². The van der Waals surface area contributed by atoms with Gasteiger partial charge >= 0.3 is 0 Å². The molecule has 4 heteroatoms. The summed E-state index contributed by atoms with van der Waals surface area (Å²) in [6, 6.07) is 10.1. The van der Waals surface area contributed by atoms with E-state index >= 15 is 0 Å². The Balaban J connectivity index is 2.21. The molecule has 0 fully saturated rings. The van der Waals surface area contributed by atoms with Crippen molar-refractivity contribution >= 4 is 5.82 Å². The Kier molecular flexibility index (Phi) is 4.58. The summed E-state index contributed by atoms with van der Waals surface area (Å²) in [5.41, 5.74) is 8.96. The van der Waals surface area contributed by atoms with E-state index in [0.29, 0.717) is 6.54 Å². The molecule has 0 atom stereocenters. The predicted molar refractivity (Wildman–Crippen MR) is 82.0 cm³/mol. The zero-order valence-corrected chi connectivity index (χ0v) is 12.3. The molecule has 0 amide bonds. The van der Waals surface area contributed by atoms with E-state index in [4.69, 9.17) is 10.5 Å². The molecule has 0 aliphatic heterocycles. The molecule has 0 spiro atoms. The number of hydrogen-bond acceptors (Lipinski definition) is 4. The molecule has 0 bridgehead atoms. The van der Waals surface area contributed by atoms with E-state index in [9.17, 15) is 0 Å². The second kappa shape index (κ2) is 6.39. The summed E-state index contributed by atoms with van der Waals surface area (Å²) >= 11 is 0. The number of anilines is 1. The topological polar surface area (TPSA) is 51.4 Å². The van der Waals surface area contributed by atoms with Crippen molar-refractivity contribution in [1.29, 1.82) is 0 Å². The quantitative estimate of drug-likeness (QED) is 0.907. The van der Waals surface area contributed by atoms with Crippen LogP contribution in [0, 0.1) is 6.92 Å². The SMILES string of the molecule is COc1ccccc1CN(C)c1ncc(CN)cc1C. The maximum Gasteiger partial charge on any atom is 0.131 e. The van der Waals surface area contributed by atoms with Crippen molar-refractivity contribution in [2.75, 3.05) is 19.1 Å². The lowest BCUT2D eigenvalue weighted by Gasteiger charge is -2.21. The third-order valence-corrected chi connectivity index (χ3v) is 3.30. The van der Waals surface area contributed by atoms with Gasteiger partial charge in [0.15, 0.2) is 0 Å². The van der Waals surface area contributed by atoms with E-state index in [2.05, 4.69) is 28.9 Å². The highest BCUT2D eigenvalue weighted by atomic mass is 16.5. The second-order valence-corrected chi connectivity index (χ2v) is 4.86. The van der Waals surface area contributed by atoms with Crippen LogP contribution in [0.1, 0.15) is 16.7 Å². The fraction of sp³-hybridized carbons (Fsp3) is 0.312. The number of nitrogens with two attached hydrogens (primary N) is 1. The van der Waals surface area contributed by atoms with E-state index in [0.717, 1.165) is 34.8 Å². The monoisotopic (exact) mass is 271 g/mol. The molecule has 0 saturated heterocycles. The molecule has 1 aromatic carbocycles. The van der Waals surface area contributed by atoms with Crippen molar-refractivity contribution in [3.8, 4) is 5.75 Å². The molecule has 2 N–H and O–H groups in total. The molecule has 2 rings (SSSR count). The summed E-state index contributed by atoms with van der Waals surface area (Å²) < 4.78 is 5.39. The Morgan fingerprint density at radius 2 is 2.05 bits per heavy atom. The van der Waals surface area contributed by atoms with Gasteiger partial charge in [-0.25, -0.2) is 4.98 Å². The van der Waals surface area contributed by atoms with E-state index in [1.54, 1.807) is 7.11 Å². The smallest absolute Gasteiger partial charge is 0.131 e. The highest BCUT2D eigenvalue weighted by Gasteiger charge is 2.10. The Labute approximate surface area is 120 Å². The van der Waals surface area contributed by atoms with E-state index in [1.807, 2.05) is 31.4 Å². The van der Waals surface area contributed by atoms with Crippen LogP contribution in [0.2, 0.25) is 0 Å². The number of nitrogens with zero attached hydrogens (tertiary/aromatic N) is 2. The van der Waals surface area contributed by atoms with Crippen LogP contribution in [-0.2, 0) is 13.1 Å². The van der Waals surface area contributed by atoms with Gasteiger partial charge in [-0.2, -0.15) is 0 Å². The lowest BCUT2D eigenvalue weighted by atomic mass is 10.1. The zero-order chi connectivity index (χ0) is 14.5. The highest BCUT2D eigenvalue weighted by molar-refractivity contribution is 5.48. The Bertz CT molecular complexity index is 584. The minimum Gasteiger partial charge on any atom is -0.496 e. The molecule has 0 radical (unpaired) electrons. The number of hydrogen-bond donors (Lipinski definition) is 1. The van der Waals surface area contributed by atoms with Crippen LogP contribution < -0.4 is 15.4 Å². The molecule has 4 nitrogen and oxygen atoms in total. The summed E-state index contributed by atoms with van der Waals surface area (Å²) in [6.07, 6.45) is 1.83. The number of rotatable bonds is 5. The number of para-hydroxylation sites is 1. The van der Waals surface area contributed by atoms with Crippen molar-refractivity contribution in [2.24, 2.45) is 5.73 Å². The van der Waals surface area contributed by atoms with Crippen molar-refractivity contribution in [3.63, 3.8) is 0 Å². The van der Waals surface area contributed by atoms with Gasteiger partial charge in [-0.3, -0.25) is 0 Å². The van der Waals surface area contributed by atoms with Gasteiger partial charge in [0.2, 0.25) is 0 Å². The first-order chi connectivity index (χ1) is 9.65. The molecule has 1 aromatic heterocycles. The lowest BCUT2D eigenvalue weighted by Crippen LogP contribution is -2.19. The van der Waals surface area contributed by atoms with Crippen molar-refractivity contribution in [2.45, 2.75) is 20.0 Å². The maximum absolute atomic E-state index is 5.64. The Morgan fingerprint density at radius 1 is 1.30 bits per heavy atom. The Hall–Kier alpha value is -2.07. The average Bonchev–Trinajstić information content (AvgIpc) is 2.47. The summed E-state index contributed by atoms with van der Waals surface area (Å²) in [4.78, 5) is 6.62. The summed E-state index contributed by atoms with van der Waals surface area (Å²) in [5, 5.41) is 0. The van der Waals surface area contributed by atoms with Crippen LogP contribution in [0.4, 0.5) is 5.82 Å². The molecular formula is C16H21N3O. The van der Waals surface area contributed by atoms with Crippen LogP contribution in [0.5, 0.6) is 5.75 Å². The van der Waals surface area contributed by atoms with E-state index in [1.165, 1.54) is 0 Å². The van der Waals surface area contributed by atoms with Gasteiger partial charge in [0.25, 0.3) is 0 Å². The maximum atomic E-state index is 5.64. The lowest BCUT2D eigenvalue weighted by molar-refractivity contribution is 0.409. The van der Waals surface area contributed by atoms with E-state index < -0.39 is 0 Å². The molecule has 106 valence electrons. The first-order valence-corrected chi connectivity index (χ1v) is 6.64. The molecule has 0 aliphatic rings. The summed E-state index contributed by atoms with van der Waals surface area (Å²) in [6.45, 7) is 3.32. The molecule has 0 unspecified atom stereocenters. The minimum absolute atomic E-state index is 0.518. The normalized spacial score (nSPS) is 10.4. The van der Waals surface area contributed by atoms with Gasteiger partial charge in [0.05, 0.1) is 7.11 Å². The third kappa shape index (κ3) is 3.08. The number of ether oxygens (including phenoxy) is 1. The van der Waals surface area contributed by atoms with Crippen LogP contribution in [0.25, 0.3) is 0 Å². The van der Waals surface area contributed by atoms with Crippen LogP contribution in [-0.4, -0.2) is 19.1 Å². The number of methoxy groups -OCH3 is 1. The van der Waals surface area contributed by atoms with Gasteiger partial charge in [-0.15, -0.1) is 0 Å². The number of benzene rings is 1. The second-order valence-electron chi connectivity index (χ2n) is 4.86. The summed E-state index contributed by atoms with van der Waals surface area (Å²) in [5.74, 6) is 1.86. The minimum atomic E-state index is 0.518. The molecule has 1 heterocycles. The average molecular weight is 271 g/mol. The van der Waals surface area contributed by atoms with Gasteiger partial charge in [-0.05, 0) is 30.2 Å². The van der Waals surface area contributed by atoms with Gasteiger partial charge in [-0.1, -0.05) is 18.2 Å². The molecule has 0 aliphatic carbocycles. The largest absolute Gasteiger partial charge is 0.496 e. The summed E-state index contributed by atoms with van der Waals surface area (Å²) in [7, 11) is 3.72. The number of aromatic nitrogens is 1. The standard InChI is InChI=1S/C16H21N3O/c1-12-8-13(9-17)10-18-16(12)19(2)11-14-6-4-5-7-15(14)20-3/h4-8,10H,9,11,17H2,1-3H3. The first kappa shape index (κ1) is 14.3. The fourth-order valence-corrected chi connectivity index (χ4v) is 2.30. The fourth-order valence-electron chi connectivity index (χ4n) is 2.30. The zero-order valence-electron chi connectivity index (χ0n) is 12.3. The molecular weight excluding hydrogens is 250 g/mol. The van der Waals surface area contributed by atoms with Crippen molar-refractivity contribution < 1.29 is 4.74 Å². The molecule has 20 heavy (non-hydrogen) atoms. The third-order valence-electron chi connectivity index (χ3n) is 3.30. The van der Waals surface area contributed by atoms with Gasteiger partial charge in [0.1, 0.15) is 11.6 Å². The predicted octanol–water partition coefficient (Wildman–Crippen LogP) is 2.49. The first-order valence-electron chi connectivity index (χ1n) is 6.64. The van der Waals surface area contributed by atoms with Crippen LogP contribution >= 0.6 is 0 Å². The number of pyridine rings is 1. The van der Waals surface area contributed by atoms with Crippen molar-refractivity contribution in [1.82, 2.24) is 4.98 Å². The highest BCUT2D eigenvalue weighted by Crippen LogP contribution is 2.23. The molecule has 0 saturated carbocycles. The molecule has 2 aromatic rings. The van der Waals surface area contributed by atoms with E-state index in [-0.39, 0.29) is 0 Å².